The van der Waals surface area contributed by atoms with E-state index in [0.29, 0.717) is 6.04 Å². The molecule has 2 aliphatic rings. The molecule has 1 unspecified atom stereocenters. The fourth-order valence-corrected chi connectivity index (χ4v) is 4.33. The van der Waals surface area contributed by atoms with Crippen molar-refractivity contribution in [1.82, 2.24) is 10.2 Å². The summed E-state index contributed by atoms with van der Waals surface area (Å²) in [6.07, 6.45) is 5.26. The van der Waals surface area contributed by atoms with Crippen LogP contribution in [0, 0.1) is 0 Å². The molecule has 20 heavy (non-hydrogen) atoms. The highest BCUT2D eigenvalue weighted by molar-refractivity contribution is 7.99. The van der Waals surface area contributed by atoms with Crippen LogP contribution in [0.15, 0.2) is 24.3 Å². The molecule has 2 nitrogen and oxygen atoms in total. The van der Waals surface area contributed by atoms with Gasteiger partial charge in [0.15, 0.2) is 0 Å². The topological polar surface area (TPSA) is 15.3 Å². The normalized spacial score (nSPS) is 24.1. The SMILES string of the molecule is c1ccc2c(c1)CCCCC2NCCN1CCSCC1. The van der Waals surface area contributed by atoms with E-state index in [9.17, 15) is 0 Å². The van der Waals surface area contributed by atoms with Crippen molar-refractivity contribution in [3.05, 3.63) is 35.4 Å². The Bertz CT molecular complexity index is 415. The first-order valence-electron chi connectivity index (χ1n) is 8.05. The van der Waals surface area contributed by atoms with E-state index in [1.807, 2.05) is 0 Å². The number of benzene rings is 1. The van der Waals surface area contributed by atoms with Crippen LogP contribution in [0.2, 0.25) is 0 Å². The van der Waals surface area contributed by atoms with Gasteiger partial charge in [-0.3, -0.25) is 0 Å². The summed E-state index contributed by atoms with van der Waals surface area (Å²) in [5.41, 5.74) is 3.12. The van der Waals surface area contributed by atoms with Crippen molar-refractivity contribution in [2.45, 2.75) is 31.7 Å². The lowest BCUT2D eigenvalue weighted by molar-refractivity contribution is 0.293. The van der Waals surface area contributed by atoms with Crippen molar-refractivity contribution in [3.63, 3.8) is 0 Å². The van der Waals surface area contributed by atoms with Gasteiger partial charge in [-0.2, -0.15) is 11.8 Å². The van der Waals surface area contributed by atoms with E-state index in [1.54, 1.807) is 11.1 Å². The molecule has 1 saturated heterocycles. The van der Waals surface area contributed by atoms with Crippen LogP contribution < -0.4 is 5.32 Å². The second-order valence-corrected chi connectivity index (χ2v) is 7.13. The largest absolute Gasteiger partial charge is 0.309 e. The summed E-state index contributed by atoms with van der Waals surface area (Å²) in [5, 5.41) is 3.82. The van der Waals surface area contributed by atoms with Crippen molar-refractivity contribution in [2.24, 2.45) is 0 Å². The summed E-state index contributed by atoms with van der Waals surface area (Å²) in [6.45, 7) is 4.88. The van der Waals surface area contributed by atoms with Gasteiger partial charge in [-0.05, 0) is 30.4 Å². The molecule has 0 saturated carbocycles. The molecule has 1 N–H and O–H groups in total. The first kappa shape index (κ1) is 14.4. The monoisotopic (exact) mass is 290 g/mol. The van der Waals surface area contributed by atoms with E-state index >= 15 is 0 Å². The van der Waals surface area contributed by atoms with Crippen molar-refractivity contribution in [1.29, 1.82) is 0 Å². The van der Waals surface area contributed by atoms with Crippen LogP contribution in [-0.4, -0.2) is 42.6 Å². The number of rotatable bonds is 4. The fourth-order valence-electron chi connectivity index (χ4n) is 3.35. The van der Waals surface area contributed by atoms with E-state index in [0.717, 1.165) is 6.54 Å². The van der Waals surface area contributed by atoms with Gasteiger partial charge in [-0.15, -0.1) is 0 Å². The minimum absolute atomic E-state index is 0.577. The quantitative estimate of drug-likeness (QED) is 0.858. The average Bonchev–Trinajstić information content (AvgIpc) is 2.71. The van der Waals surface area contributed by atoms with Gasteiger partial charge in [0.2, 0.25) is 0 Å². The van der Waals surface area contributed by atoms with Crippen LogP contribution in [0.25, 0.3) is 0 Å². The minimum Gasteiger partial charge on any atom is -0.309 e. The van der Waals surface area contributed by atoms with Gasteiger partial charge in [0, 0.05) is 43.7 Å². The number of thioether (sulfide) groups is 1. The lowest BCUT2D eigenvalue weighted by Crippen LogP contribution is -2.38. The van der Waals surface area contributed by atoms with E-state index in [1.165, 1.54) is 56.8 Å². The molecule has 0 aromatic heterocycles. The Labute approximate surface area is 127 Å². The Kier molecular flexibility index (Phi) is 5.40. The van der Waals surface area contributed by atoms with Crippen LogP contribution in [0.3, 0.4) is 0 Å². The second-order valence-electron chi connectivity index (χ2n) is 5.91. The van der Waals surface area contributed by atoms with Gasteiger partial charge in [-0.25, -0.2) is 0 Å². The molecule has 1 fully saturated rings. The predicted molar refractivity (Wildman–Crippen MR) is 88.5 cm³/mol. The smallest absolute Gasteiger partial charge is 0.0323 e. The highest BCUT2D eigenvalue weighted by Crippen LogP contribution is 2.28. The molecule has 1 atom stereocenters. The Hall–Kier alpha value is -0.510. The first-order valence-corrected chi connectivity index (χ1v) is 9.20. The van der Waals surface area contributed by atoms with Gasteiger partial charge in [0.1, 0.15) is 0 Å². The van der Waals surface area contributed by atoms with Crippen molar-refractivity contribution in [3.8, 4) is 0 Å². The molecule has 0 radical (unpaired) electrons. The summed E-state index contributed by atoms with van der Waals surface area (Å²) in [7, 11) is 0. The van der Waals surface area contributed by atoms with Crippen molar-refractivity contribution in [2.75, 3.05) is 37.7 Å². The van der Waals surface area contributed by atoms with Crippen molar-refractivity contribution < 1.29 is 0 Å². The van der Waals surface area contributed by atoms with Gasteiger partial charge >= 0.3 is 0 Å². The number of hydrogen-bond acceptors (Lipinski definition) is 3. The summed E-state index contributed by atoms with van der Waals surface area (Å²) in [5.74, 6) is 2.62. The number of aryl methyl sites for hydroxylation is 1. The third-order valence-electron chi connectivity index (χ3n) is 4.54. The molecular weight excluding hydrogens is 264 g/mol. The van der Waals surface area contributed by atoms with E-state index in [-0.39, 0.29) is 0 Å². The molecule has 1 aromatic rings. The molecule has 1 aliphatic carbocycles. The molecule has 1 aliphatic heterocycles. The second kappa shape index (κ2) is 7.48. The maximum absolute atomic E-state index is 3.82. The molecule has 1 heterocycles. The van der Waals surface area contributed by atoms with E-state index in [4.69, 9.17) is 0 Å². The van der Waals surface area contributed by atoms with Crippen LogP contribution in [-0.2, 0) is 6.42 Å². The zero-order valence-electron chi connectivity index (χ0n) is 12.3. The van der Waals surface area contributed by atoms with Crippen LogP contribution in [0.5, 0.6) is 0 Å². The van der Waals surface area contributed by atoms with Crippen molar-refractivity contribution >= 4 is 11.8 Å². The molecule has 3 rings (SSSR count). The van der Waals surface area contributed by atoms with E-state index in [2.05, 4.69) is 46.2 Å². The number of nitrogens with zero attached hydrogens (tertiary/aromatic N) is 1. The average molecular weight is 290 g/mol. The van der Waals surface area contributed by atoms with Gasteiger partial charge in [0.05, 0.1) is 0 Å². The zero-order valence-corrected chi connectivity index (χ0v) is 13.1. The standard InChI is InChI=1S/C17H26N2S/c1-3-7-16-15(5-1)6-2-4-8-17(16)18-9-10-19-11-13-20-14-12-19/h1,3,5,7,17-18H,2,4,6,8-14H2. The van der Waals surface area contributed by atoms with Gasteiger partial charge in [-0.1, -0.05) is 30.7 Å². The third-order valence-corrected chi connectivity index (χ3v) is 5.48. The summed E-state index contributed by atoms with van der Waals surface area (Å²) in [6, 6.07) is 9.60. The lowest BCUT2D eigenvalue weighted by Gasteiger charge is -2.27. The van der Waals surface area contributed by atoms with E-state index < -0.39 is 0 Å². The van der Waals surface area contributed by atoms with Gasteiger partial charge in [0.25, 0.3) is 0 Å². The Morgan fingerprint density at radius 1 is 1.15 bits per heavy atom. The fraction of sp³-hybridized carbons (Fsp3) is 0.647. The number of fused-ring (bicyclic) bond motifs is 1. The number of nitrogens with one attached hydrogen (secondary N) is 1. The Morgan fingerprint density at radius 2 is 2.00 bits per heavy atom. The molecular formula is C17H26N2S. The van der Waals surface area contributed by atoms with Crippen LogP contribution >= 0.6 is 11.8 Å². The van der Waals surface area contributed by atoms with Crippen LogP contribution in [0.1, 0.15) is 36.4 Å². The summed E-state index contributed by atoms with van der Waals surface area (Å²) < 4.78 is 0. The highest BCUT2D eigenvalue weighted by atomic mass is 32.2. The first-order chi connectivity index (χ1) is 9.93. The number of hydrogen-bond donors (Lipinski definition) is 1. The van der Waals surface area contributed by atoms with Gasteiger partial charge < -0.3 is 10.2 Å². The minimum atomic E-state index is 0.577. The molecule has 3 heteroatoms. The summed E-state index contributed by atoms with van der Waals surface area (Å²) >= 11 is 2.09. The zero-order chi connectivity index (χ0) is 13.6. The molecule has 110 valence electrons. The maximum atomic E-state index is 3.82. The van der Waals surface area contributed by atoms with Crippen LogP contribution in [0.4, 0.5) is 0 Å². The Morgan fingerprint density at radius 3 is 2.90 bits per heavy atom. The highest BCUT2D eigenvalue weighted by Gasteiger charge is 2.18. The molecule has 0 amide bonds. The summed E-state index contributed by atoms with van der Waals surface area (Å²) in [4.78, 5) is 2.60. The molecule has 1 aromatic carbocycles. The third kappa shape index (κ3) is 3.78. The Balaban J connectivity index is 1.54. The maximum Gasteiger partial charge on any atom is 0.0323 e. The molecule has 0 bridgehead atoms. The molecule has 0 spiro atoms. The lowest BCUT2D eigenvalue weighted by atomic mass is 9.99. The predicted octanol–water partition coefficient (Wildman–Crippen LogP) is 3.09.